The zero-order valence-electron chi connectivity index (χ0n) is 13.5. The van der Waals surface area contributed by atoms with E-state index in [4.69, 9.17) is 0 Å². The van der Waals surface area contributed by atoms with E-state index >= 15 is 0 Å². The maximum atomic E-state index is 4.48. The lowest BCUT2D eigenvalue weighted by Gasteiger charge is -2.29. The Kier molecular flexibility index (Phi) is 2.31. The van der Waals surface area contributed by atoms with Crippen LogP contribution in [0.15, 0.2) is 85.5 Å². The van der Waals surface area contributed by atoms with Gasteiger partial charge in [-0.1, -0.05) is 48.5 Å². The molecule has 2 aromatic carbocycles. The van der Waals surface area contributed by atoms with Crippen molar-refractivity contribution in [2.45, 2.75) is 5.41 Å². The largest absolute Gasteiger partial charge is 0.264 e. The number of hydrogen-bond donors (Lipinski definition) is 0. The smallest absolute Gasteiger partial charge is 0.0755 e. The predicted octanol–water partition coefficient (Wildman–Crippen LogP) is 4.82. The zero-order valence-corrected chi connectivity index (χ0v) is 13.5. The lowest BCUT2D eigenvalue weighted by atomic mass is 9.71. The van der Waals surface area contributed by atoms with Gasteiger partial charge in [0, 0.05) is 24.8 Å². The van der Waals surface area contributed by atoms with E-state index in [2.05, 4.69) is 70.6 Å². The Bertz CT molecular complexity index is 972. The van der Waals surface area contributed by atoms with E-state index in [-0.39, 0.29) is 5.41 Å². The van der Waals surface area contributed by atoms with Gasteiger partial charge in [-0.15, -0.1) is 0 Å². The first kappa shape index (κ1) is 13.1. The van der Waals surface area contributed by atoms with E-state index in [0.717, 1.165) is 0 Å². The van der Waals surface area contributed by atoms with Gasteiger partial charge in [-0.25, -0.2) is 0 Å². The molecule has 116 valence electrons. The highest BCUT2D eigenvalue weighted by Gasteiger charge is 2.51. The first-order valence-electron chi connectivity index (χ1n) is 8.51. The summed E-state index contributed by atoms with van der Waals surface area (Å²) < 4.78 is 0. The number of rotatable bonds is 0. The van der Waals surface area contributed by atoms with Gasteiger partial charge in [0.25, 0.3) is 0 Å². The van der Waals surface area contributed by atoms with Gasteiger partial charge < -0.3 is 0 Å². The van der Waals surface area contributed by atoms with Crippen molar-refractivity contribution < 1.29 is 0 Å². The third-order valence-electron chi connectivity index (χ3n) is 5.69. The minimum Gasteiger partial charge on any atom is -0.264 e. The first-order chi connectivity index (χ1) is 12.4. The summed E-state index contributed by atoms with van der Waals surface area (Å²) in [7, 11) is 0. The van der Waals surface area contributed by atoms with Crippen molar-refractivity contribution in [3.8, 4) is 22.3 Å². The molecule has 0 fully saturated rings. The molecule has 0 saturated heterocycles. The van der Waals surface area contributed by atoms with Crippen LogP contribution >= 0.6 is 0 Å². The number of aromatic nitrogens is 2. The normalized spacial score (nSPS) is 14.7. The summed E-state index contributed by atoms with van der Waals surface area (Å²) in [5, 5.41) is 0. The second-order valence-electron chi connectivity index (χ2n) is 6.68. The minimum absolute atomic E-state index is 0.305. The van der Waals surface area contributed by atoms with Crippen LogP contribution in [0.3, 0.4) is 0 Å². The molecular formula is C23H14N2. The summed E-state index contributed by atoms with van der Waals surface area (Å²) in [6.07, 6.45) is 7.84. The Hall–Kier alpha value is -3.26. The zero-order chi connectivity index (χ0) is 16.4. The molecule has 2 heteroatoms. The average molecular weight is 318 g/mol. The van der Waals surface area contributed by atoms with E-state index in [1.165, 1.54) is 44.5 Å². The number of hydrogen-bond acceptors (Lipinski definition) is 2. The van der Waals surface area contributed by atoms with Gasteiger partial charge in [0.1, 0.15) is 0 Å². The topological polar surface area (TPSA) is 25.8 Å². The van der Waals surface area contributed by atoms with Crippen LogP contribution in [-0.4, -0.2) is 9.97 Å². The average Bonchev–Trinajstić information content (AvgIpc) is 3.16. The Morgan fingerprint density at radius 3 is 1.44 bits per heavy atom. The van der Waals surface area contributed by atoms with E-state index in [0.29, 0.717) is 0 Å². The molecule has 6 rings (SSSR count). The molecule has 0 radical (unpaired) electrons. The van der Waals surface area contributed by atoms with E-state index in [1.807, 2.05) is 24.8 Å². The molecule has 0 saturated carbocycles. The molecule has 0 atom stereocenters. The Labute approximate surface area is 145 Å². The van der Waals surface area contributed by atoms with Crippen LogP contribution in [0, 0.1) is 0 Å². The SMILES string of the molecule is c1ccc2c(c1)-c1ccccc1C21c2cnccc2-c2ccncc21. The fraction of sp³-hybridized carbons (Fsp3) is 0.0435. The quantitative estimate of drug-likeness (QED) is 0.401. The molecule has 0 aliphatic heterocycles. The summed E-state index contributed by atoms with van der Waals surface area (Å²) in [5.41, 5.74) is 10.0. The lowest BCUT2D eigenvalue weighted by Crippen LogP contribution is -2.26. The van der Waals surface area contributed by atoms with Gasteiger partial charge in [0.2, 0.25) is 0 Å². The van der Waals surface area contributed by atoms with Crippen molar-refractivity contribution in [2.75, 3.05) is 0 Å². The first-order valence-corrected chi connectivity index (χ1v) is 8.51. The summed E-state index contributed by atoms with van der Waals surface area (Å²) >= 11 is 0. The van der Waals surface area contributed by atoms with Gasteiger partial charge in [0.05, 0.1) is 5.41 Å². The van der Waals surface area contributed by atoms with Crippen molar-refractivity contribution in [3.63, 3.8) is 0 Å². The van der Waals surface area contributed by atoms with Gasteiger partial charge in [-0.2, -0.15) is 0 Å². The molecule has 0 unspecified atom stereocenters. The van der Waals surface area contributed by atoms with Crippen LogP contribution in [0.1, 0.15) is 22.3 Å². The van der Waals surface area contributed by atoms with E-state index < -0.39 is 0 Å². The molecule has 1 spiro atoms. The van der Waals surface area contributed by atoms with Crippen LogP contribution in [0.4, 0.5) is 0 Å². The van der Waals surface area contributed by atoms with Gasteiger partial charge in [0.15, 0.2) is 0 Å². The molecular weight excluding hydrogens is 304 g/mol. The highest BCUT2D eigenvalue weighted by molar-refractivity contribution is 5.94. The van der Waals surface area contributed by atoms with Crippen molar-refractivity contribution in [2.24, 2.45) is 0 Å². The molecule has 25 heavy (non-hydrogen) atoms. The second-order valence-corrected chi connectivity index (χ2v) is 6.68. The van der Waals surface area contributed by atoms with E-state index in [1.54, 1.807) is 0 Å². The van der Waals surface area contributed by atoms with Crippen LogP contribution in [0.25, 0.3) is 22.3 Å². The maximum absolute atomic E-state index is 4.48. The molecule has 0 bridgehead atoms. The number of fused-ring (bicyclic) bond motifs is 10. The van der Waals surface area contributed by atoms with Crippen molar-refractivity contribution in [1.82, 2.24) is 9.97 Å². The summed E-state index contributed by atoms with van der Waals surface area (Å²) in [6.45, 7) is 0. The fourth-order valence-corrected chi connectivity index (χ4v) is 4.82. The second kappa shape index (κ2) is 4.42. The summed E-state index contributed by atoms with van der Waals surface area (Å²) in [6, 6.07) is 21.8. The van der Waals surface area contributed by atoms with Crippen molar-refractivity contribution in [3.05, 3.63) is 108 Å². The monoisotopic (exact) mass is 318 g/mol. The number of pyridine rings is 2. The molecule has 2 aromatic heterocycles. The molecule has 2 aliphatic carbocycles. The molecule has 0 amide bonds. The van der Waals surface area contributed by atoms with Crippen LogP contribution < -0.4 is 0 Å². The fourth-order valence-electron chi connectivity index (χ4n) is 4.82. The molecule has 2 nitrogen and oxygen atoms in total. The Balaban J connectivity index is 1.89. The summed E-state index contributed by atoms with van der Waals surface area (Å²) in [5.74, 6) is 0. The number of nitrogens with zero attached hydrogens (tertiary/aromatic N) is 2. The number of benzene rings is 2. The third-order valence-corrected chi connectivity index (χ3v) is 5.69. The van der Waals surface area contributed by atoms with Crippen LogP contribution in [-0.2, 0) is 5.41 Å². The Morgan fingerprint density at radius 2 is 0.920 bits per heavy atom. The maximum Gasteiger partial charge on any atom is 0.0755 e. The van der Waals surface area contributed by atoms with Gasteiger partial charge in [-0.3, -0.25) is 9.97 Å². The van der Waals surface area contributed by atoms with E-state index in [9.17, 15) is 0 Å². The highest BCUT2D eigenvalue weighted by atomic mass is 14.7. The highest BCUT2D eigenvalue weighted by Crippen LogP contribution is 2.62. The van der Waals surface area contributed by atoms with Crippen LogP contribution in [0.5, 0.6) is 0 Å². The standard InChI is InChI=1S/C23H14N2/c1-3-7-19-15(5-1)16-6-2-4-8-20(16)23(19)21-13-24-11-9-17(21)18-10-12-25-14-22(18)23/h1-14H. The molecule has 2 heterocycles. The molecule has 4 aromatic rings. The Morgan fingerprint density at radius 1 is 0.480 bits per heavy atom. The predicted molar refractivity (Wildman–Crippen MR) is 98.3 cm³/mol. The lowest BCUT2D eigenvalue weighted by molar-refractivity contribution is 0.783. The van der Waals surface area contributed by atoms with Crippen molar-refractivity contribution >= 4 is 0 Å². The summed E-state index contributed by atoms with van der Waals surface area (Å²) in [4.78, 5) is 8.97. The van der Waals surface area contributed by atoms with Gasteiger partial charge in [-0.05, 0) is 56.6 Å². The van der Waals surface area contributed by atoms with Crippen molar-refractivity contribution in [1.29, 1.82) is 0 Å². The van der Waals surface area contributed by atoms with Crippen LogP contribution in [0.2, 0.25) is 0 Å². The molecule has 2 aliphatic rings. The van der Waals surface area contributed by atoms with Gasteiger partial charge >= 0.3 is 0 Å². The molecule has 0 N–H and O–H groups in total. The third kappa shape index (κ3) is 1.38. The minimum atomic E-state index is -0.305.